The first-order chi connectivity index (χ1) is 12.1. The maximum absolute atomic E-state index is 12.0. The normalized spacial score (nSPS) is 15.3. The van der Waals surface area contributed by atoms with Crippen molar-refractivity contribution in [2.75, 3.05) is 20.1 Å². The number of halogens is 1. The topological polar surface area (TPSA) is 78.4 Å². The van der Waals surface area contributed by atoms with E-state index in [2.05, 4.69) is 32.9 Å². The van der Waals surface area contributed by atoms with Crippen LogP contribution in [0.4, 0.5) is 0 Å². The number of aryl methyl sites for hydroxylation is 2. The Balaban J connectivity index is 0.00000338. The third kappa shape index (κ3) is 8.20. The Bertz CT molecular complexity index is 565. The summed E-state index contributed by atoms with van der Waals surface area (Å²) in [6.07, 6.45) is 6.97. The van der Waals surface area contributed by atoms with Gasteiger partial charge in [-0.15, -0.1) is 35.3 Å². The predicted molar refractivity (Wildman–Crippen MR) is 119 cm³/mol. The van der Waals surface area contributed by atoms with E-state index in [0.717, 1.165) is 16.7 Å². The van der Waals surface area contributed by atoms with Gasteiger partial charge < -0.3 is 16.0 Å². The lowest BCUT2D eigenvalue weighted by Crippen LogP contribution is -2.41. The van der Waals surface area contributed by atoms with Crippen LogP contribution in [0, 0.1) is 19.8 Å². The molecule has 1 aromatic rings. The molecule has 0 bridgehead atoms. The Morgan fingerprint density at radius 3 is 2.46 bits per heavy atom. The molecule has 1 aliphatic carbocycles. The van der Waals surface area contributed by atoms with E-state index >= 15 is 0 Å². The summed E-state index contributed by atoms with van der Waals surface area (Å²) in [5.74, 6) is 1.48. The van der Waals surface area contributed by atoms with Crippen LogP contribution in [0.25, 0.3) is 0 Å². The second-order valence-corrected chi connectivity index (χ2v) is 7.95. The molecular weight excluding hydrogens is 461 g/mol. The zero-order valence-corrected chi connectivity index (χ0v) is 19.2. The minimum Gasteiger partial charge on any atom is -0.355 e. The van der Waals surface area contributed by atoms with Crippen molar-refractivity contribution in [3.63, 3.8) is 0 Å². The lowest BCUT2D eigenvalue weighted by molar-refractivity contribution is -0.122. The summed E-state index contributed by atoms with van der Waals surface area (Å²) in [4.78, 5) is 21.9. The van der Waals surface area contributed by atoms with Gasteiger partial charge in [-0.2, -0.15) is 0 Å². The summed E-state index contributed by atoms with van der Waals surface area (Å²) in [6.45, 7) is 6.04. The van der Waals surface area contributed by atoms with Crippen molar-refractivity contribution in [1.29, 1.82) is 0 Å². The number of rotatable bonds is 7. The number of carbonyl (C=O) groups is 1. The van der Waals surface area contributed by atoms with Crippen LogP contribution in [-0.2, 0) is 11.3 Å². The van der Waals surface area contributed by atoms with Crippen molar-refractivity contribution in [1.82, 2.24) is 20.9 Å². The highest BCUT2D eigenvalue weighted by molar-refractivity contribution is 14.0. The fourth-order valence-electron chi connectivity index (χ4n) is 3.10. The van der Waals surface area contributed by atoms with Crippen LogP contribution in [0.1, 0.15) is 54.1 Å². The average Bonchev–Trinajstić information content (AvgIpc) is 2.93. The third-order valence-corrected chi connectivity index (χ3v) is 5.71. The molecule has 1 heterocycles. The highest BCUT2D eigenvalue weighted by Crippen LogP contribution is 2.25. The second kappa shape index (κ2) is 12.5. The third-order valence-electron chi connectivity index (χ3n) is 4.64. The quantitative estimate of drug-likeness (QED) is 0.236. The maximum Gasteiger partial charge on any atom is 0.220 e. The molecule has 148 valence electrons. The summed E-state index contributed by atoms with van der Waals surface area (Å²) in [7, 11) is 1.75. The molecule has 1 aromatic heterocycles. The van der Waals surface area contributed by atoms with Gasteiger partial charge in [-0.05, 0) is 32.6 Å². The molecule has 0 spiro atoms. The molecule has 1 saturated carbocycles. The predicted octanol–water partition coefficient (Wildman–Crippen LogP) is 3.13. The number of nitrogens with zero attached hydrogens (tertiary/aromatic N) is 2. The molecule has 0 aromatic carbocycles. The van der Waals surface area contributed by atoms with Gasteiger partial charge in [0.2, 0.25) is 5.91 Å². The maximum atomic E-state index is 12.0. The minimum atomic E-state index is 0. The van der Waals surface area contributed by atoms with Crippen molar-refractivity contribution < 1.29 is 4.79 Å². The van der Waals surface area contributed by atoms with Gasteiger partial charge in [0.1, 0.15) is 5.01 Å². The van der Waals surface area contributed by atoms with Crippen molar-refractivity contribution in [3.8, 4) is 0 Å². The van der Waals surface area contributed by atoms with E-state index in [9.17, 15) is 4.79 Å². The van der Waals surface area contributed by atoms with Crippen molar-refractivity contribution in [2.24, 2.45) is 10.9 Å². The molecule has 3 N–H and O–H groups in total. The number of aliphatic imine (C=N–C) groups is 1. The standard InChI is InChI=1S/C18H31N5OS.HI/c1-13-14(2)25-17(23-13)12-22-18(19-3)21-10-9-20-16(24)11-15-7-5-4-6-8-15;/h15H,4-12H2,1-3H3,(H,20,24)(H2,19,21,22);1H. The Morgan fingerprint density at radius 2 is 1.85 bits per heavy atom. The van der Waals surface area contributed by atoms with Crippen LogP contribution in [0.2, 0.25) is 0 Å². The number of aromatic nitrogens is 1. The number of thiazole rings is 1. The smallest absolute Gasteiger partial charge is 0.220 e. The number of hydrogen-bond acceptors (Lipinski definition) is 4. The highest BCUT2D eigenvalue weighted by atomic mass is 127. The summed E-state index contributed by atoms with van der Waals surface area (Å²) >= 11 is 1.70. The molecule has 8 heteroatoms. The zero-order chi connectivity index (χ0) is 18.1. The van der Waals surface area contributed by atoms with Crippen molar-refractivity contribution in [3.05, 3.63) is 15.6 Å². The first-order valence-electron chi connectivity index (χ1n) is 9.22. The SMILES string of the molecule is CN=C(NCCNC(=O)CC1CCCCC1)NCc1nc(C)c(C)s1.I. The van der Waals surface area contributed by atoms with E-state index < -0.39 is 0 Å². The van der Waals surface area contributed by atoms with E-state index in [1.54, 1.807) is 18.4 Å². The van der Waals surface area contributed by atoms with Crippen molar-refractivity contribution in [2.45, 2.75) is 58.9 Å². The van der Waals surface area contributed by atoms with E-state index in [1.807, 2.05) is 6.92 Å². The van der Waals surface area contributed by atoms with Gasteiger partial charge in [0, 0.05) is 31.4 Å². The minimum absolute atomic E-state index is 0. The lowest BCUT2D eigenvalue weighted by Gasteiger charge is -2.20. The number of carbonyl (C=O) groups excluding carboxylic acids is 1. The average molecular weight is 493 g/mol. The van der Waals surface area contributed by atoms with Gasteiger partial charge in [-0.25, -0.2) is 4.98 Å². The summed E-state index contributed by atoms with van der Waals surface area (Å²) in [5, 5.41) is 10.5. The van der Waals surface area contributed by atoms with Crippen LogP contribution in [0.5, 0.6) is 0 Å². The second-order valence-electron chi connectivity index (χ2n) is 6.66. The first-order valence-corrected chi connectivity index (χ1v) is 10.0. The molecule has 0 atom stereocenters. The molecule has 1 amide bonds. The Hall–Kier alpha value is -0.900. The van der Waals surface area contributed by atoms with E-state index in [1.165, 1.54) is 37.0 Å². The fourth-order valence-corrected chi connectivity index (χ4v) is 3.98. The lowest BCUT2D eigenvalue weighted by atomic mass is 9.87. The molecule has 2 rings (SSSR count). The number of nitrogens with one attached hydrogen (secondary N) is 3. The Labute approximate surface area is 178 Å². The molecular formula is C18H32IN5OS. The van der Waals surface area contributed by atoms with Gasteiger partial charge in [0.05, 0.1) is 12.2 Å². The Kier molecular flexibility index (Phi) is 11.1. The van der Waals surface area contributed by atoms with Gasteiger partial charge in [0.15, 0.2) is 5.96 Å². The van der Waals surface area contributed by atoms with E-state index in [-0.39, 0.29) is 29.9 Å². The number of hydrogen-bond donors (Lipinski definition) is 3. The van der Waals surface area contributed by atoms with E-state index in [0.29, 0.717) is 32.0 Å². The van der Waals surface area contributed by atoms with Crippen LogP contribution in [-0.4, -0.2) is 37.0 Å². The summed E-state index contributed by atoms with van der Waals surface area (Å²) < 4.78 is 0. The fraction of sp³-hybridized carbons (Fsp3) is 0.722. The zero-order valence-electron chi connectivity index (χ0n) is 16.1. The highest BCUT2D eigenvalue weighted by Gasteiger charge is 2.16. The van der Waals surface area contributed by atoms with Gasteiger partial charge >= 0.3 is 0 Å². The molecule has 0 saturated heterocycles. The summed E-state index contributed by atoms with van der Waals surface area (Å²) in [6, 6.07) is 0. The molecule has 0 radical (unpaired) electrons. The van der Waals surface area contributed by atoms with E-state index in [4.69, 9.17) is 0 Å². The van der Waals surface area contributed by atoms with Crippen LogP contribution in [0.3, 0.4) is 0 Å². The van der Waals surface area contributed by atoms with Crippen LogP contribution >= 0.6 is 35.3 Å². The van der Waals surface area contributed by atoms with Crippen molar-refractivity contribution >= 4 is 47.2 Å². The number of guanidine groups is 1. The Morgan fingerprint density at radius 1 is 1.15 bits per heavy atom. The molecule has 1 fully saturated rings. The monoisotopic (exact) mass is 493 g/mol. The first kappa shape index (κ1) is 23.1. The van der Waals surface area contributed by atoms with Crippen LogP contribution < -0.4 is 16.0 Å². The largest absolute Gasteiger partial charge is 0.355 e. The van der Waals surface area contributed by atoms with Gasteiger partial charge in [-0.3, -0.25) is 9.79 Å². The number of amides is 1. The van der Waals surface area contributed by atoms with Crippen LogP contribution in [0.15, 0.2) is 4.99 Å². The molecule has 1 aliphatic rings. The van der Waals surface area contributed by atoms with Gasteiger partial charge in [0.25, 0.3) is 0 Å². The molecule has 0 unspecified atom stereocenters. The molecule has 6 nitrogen and oxygen atoms in total. The van der Waals surface area contributed by atoms with Gasteiger partial charge in [-0.1, -0.05) is 19.3 Å². The summed E-state index contributed by atoms with van der Waals surface area (Å²) in [5.41, 5.74) is 1.09. The molecule has 26 heavy (non-hydrogen) atoms. The molecule has 0 aliphatic heterocycles.